The molecular formula is C91H64N3O15S2+. The minimum atomic E-state index is -4.73. The molecule has 1 saturated heterocycles. The topological polar surface area (TPSA) is 239 Å². The molecular weight excluding hydrogens is 1440 g/mol. The molecule has 0 spiro atoms. The van der Waals surface area contributed by atoms with Gasteiger partial charge in [-0.25, -0.2) is 4.79 Å². The van der Waals surface area contributed by atoms with Gasteiger partial charge in [-0.2, -0.15) is 8.42 Å². The third-order valence-corrected chi connectivity index (χ3v) is 15.7. The number of imide groups is 1. The van der Waals surface area contributed by atoms with Crippen LogP contribution in [0, 0.1) is 308 Å². The Morgan fingerprint density at radius 1 is 0.541 bits per heavy atom. The molecule has 20 heteroatoms. The highest BCUT2D eigenvalue weighted by Gasteiger charge is 2.39. The van der Waals surface area contributed by atoms with E-state index >= 15 is 0 Å². The van der Waals surface area contributed by atoms with Gasteiger partial charge in [-0.3, -0.25) is 33.4 Å². The molecule has 1 aliphatic heterocycles. The number of nitrogens with zero attached hydrogens (tertiary/aromatic N) is 1. The van der Waals surface area contributed by atoms with Crippen molar-refractivity contribution >= 4 is 57.4 Å². The van der Waals surface area contributed by atoms with Crippen LogP contribution in [0.25, 0.3) is 0 Å². The molecule has 4 amide bonds. The number of esters is 1. The zero-order chi connectivity index (χ0) is 79.9. The summed E-state index contributed by atoms with van der Waals surface area (Å²) in [5, 5.41) is 5.87. The summed E-state index contributed by atoms with van der Waals surface area (Å²) in [5.41, 5.74) is -0.727. The van der Waals surface area contributed by atoms with Crippen LogP contribution in [0.3, 0.4) is 0 Å². The summed E-state index contributed by atoms with van der Waals surface area (Å²) in [6.45, 7) is 3.69. The van der Waals surface area contributed by atoms with E-state index < -0.39 is 50.0 Å². The number of likely N-dealkylation sites (tertiary alicyclic amines) is 1. The highest BCUT2D eigenvalue weighted by Crippen LogP contribution is 2.33. The van der Waals surface area contributed by atoms with Gasteiger partial charge in [0.2, 0.25) is 17.7 Å². The number of hydrogen-bond acceptors (Lipinski definition) is 15. The Labute approximate surface area is 656 Å². The molecule has 3 aliphatic rings. The van der Waals surface area contributed by atoms with E-state index in [4.69, 9.17) is 34.8 Å². The smallest absolute Gasteiger partial charge is 0.407 e. The minimum Gasteiger partial charge on any atom is -0.462 e. The lowest BCUT2D eigenvalue weighted by Gasteiger charge is -2.30. The van der Waals surface area contributed by atoms with Gasteiger partial charge in [-0.1, -0.05) is 24.8 Å². The summed E-state index contributed by atoms with van der Waals surface area (Å²) in [5.74, 6) is 117. The van der Waals surface area contributed by atoms with Crippen LogP contribution in [-0.4, -0.2) is 149 Å². The van der Waals surface area contributed by atoms with E-state index in [0.29, 0.717) is 38.5 Å². The van der Waals surface area contributed by atoms with Crippen LogP contribution >= 0.6 is 11.8 Å². The monoisotopic (exact) mass is 1500 g/mol. The Balaban J connectivity index is 1.19. The predicted octanol–water partition coefficient (Wildman–Crippen LogP) is 3.57. The second kappa shape index (κ2) is 61.7. The number of terminal acetylenes is 1. The van der Waals surface area contributed by atoms with E-state index in [9.17, 15) is 41.7 Å². The number of Topliss-reactive ketones (excluding diaryl/α,β-unsaturated/α-hetero) is 1. The maximum atomic E-state index is 13.3. The van der Waals surface area contributed by atoms with E-state index in [1.54, 1.807) is 0 Å². The lowest BCUT2D eigenvalue weighted by molar-refractivity contribution is -0.150. The molecule has 1 heterocycles. The molecule has 3 N–H and O–H groups in total. The first-order valence-corrected chi connectivity index (χ1v) is 35.9. The third-order valence-electron chi connectivity index (χ3n) is 13.6. The van der Waals surface area contributed by atoms with E-state index in [2.05, 4.69) is 300 Å². The first-order chi connectivity index (χ1) is 54.2. The predicted molar refractivity (Wildman–Crippen MR) is 419 cm³/mol. The van der Waals surface area contributed by atoms with E-state index in [0.717, 1.165) is 29.5 Å². The number of ether oxygens (including phenoxy) is 6. The molecule has 544 valence electrons. The van der Waals surface area contributed by atoms with Gasteiger partial charge in [0.1, 0.15) is 22.7 Å². The maximum Gasteiger partial charge on any atom is 0.407 e. The average Bonchev–Trinajstić information content (AvgIpc) is 1.72. The number of rotatable bonds is 28. The van der Waals surface area contributed by atoms with Crippen LogP contribution in [0.5, 0.6) is 0 Å². The van der Waals surface area contributed by atoms with E-state index in [1.165, 1.54) is 0 Å². The Bertz CT molecular complexity index is 5370. The second-order valence-corrected chi connectivity index (χ2v) is 24.1. The Morgan fingerprint density at radius 2 is 0.973 bits per heavy atom. The molecule has 0 radical (unpaired) electrons. The van der Waals surface area contributed by atoms with Crippen LogP contribution in [0.1, 0.15) is 90.4 Å². The number of nitrogens with one attached hydrogen (secondary N) is 2. The molecule has 1 fully saturated rings. The number of hydrogen-bond donors (Lipinski definition) is 3. The number of carbonyl (C=O) groups excluding carboxylic acids is 6. The van der Waals surface area contributed by atoms with Gasteiger partial charge < -0.3 is 39.1 Å². The first kappa shape index (κ1) is 90.7. The summed E-state index contributed by atoms with van der Waals surface area (Å²) >= 11 is 0.991. The molecule has 0 aromatic carbocycles. The summed E-state index contributed by atoms with van der Waals surface area (Å²) in [6.07, 6.45) is 17.2. The average molecular weight is 1500 g/mol. The third kappa shape index (κ3) is 49.0. The number of allylic oxidation sites excluding steroid dienone is 3. The van der Waals surface area contributed by atoms with Crippen molar-refractivity contribution in [3.63, 3.8) is 0 Å². The summed E-state index contributed by atoms with van der Waals surface area (Å²) in [7, 11) is -4.73. The minimum absolute atomic E-state index is 0.0116. The van der Waals surface area contributed by atoms with Gasteiger partial charge in [0.05, 0.1) is 58.9 Å². The van der Waals surface area contributed by atoms with Gasteiger partial charge in [0.15, 0.2) is 5.78 Å². The summed E-state index contributed by atoms with van der Waals surface area (Å²) < 4.78 is 67.0. The van der Waals surface area contributed by atoms with Crippen LogP contribution in [0.15, 0.2) is 24.3 Å². The molecule has 18 nitrogen and oxygen atoms in total. The standard InChI is InChI=1S/C91H63N3O15S2/c1-3-4-5-6-7-8-9-10-11-12-13-14-15-16-17-18-19-20-21-22-23-24-25-26-27-28-29-30-31-32-33-34-35-36-37-38-39-40-41-42-43-44-45-46-47-48-52-57-79-110-84-80-86(96)94(88(84)98)70-74-107-78-77-106-73-69-93-90(100)109-82-61-55-56-66-91(2,67-65-82)89(99)92-68-72-105-76-75-104-71-58-62-83(95)85(111(101,102)103)63-64-87(97)108-81-59-53-50-49-51-54-60-81/h1,49-51,55,61,81-82,84-85H,53-54,56,58-60,62-78,80H2,2H3,(H2-,92,93,99,100,101,102,103)/p+1/b50-49+,61-55+/t81?,82-,84?,85?,91+/m0/s1. The van der Waals surface area contributed by atoms with Crippen molar-refractivity contribution in [3.8, 4) is 296 Å². The zero-order valence-corrected chi connectivity index (χ0v) is 61.8. The fraction of sp³-hybridized carbons (Fsp3) is 0.330. The number of carbonyl (C=O) groups is 6. The van der Waals surface area contributed by atoms with Crippen LogP contribution in [0.4, 0.5) is 4.79 Å². The number of alkyl carbamates (subject to hydrolysis) is 1. The van der Waals surface area contributed by atoms with Gasteiger partial charge >= 0.3 is 12.1 Å². The Kier molecular flexibility index (Phi) is 50.4. The van der Waals surface area contributed by atoms with Crippen molar-refractivity contribution in [1.29, 1.82) is 0 Å². The zero-order valence-electron chi connectivity index (χ0n) is 60.2. The highest BCUT2D eigenvalue weighted by molar-refractivity contribution is 8.05. The lowest BCUT2D eigenvalue weighted by Crippen LogP contribution is -2.41. The maximum absolute atomic E-state index is 13.3. The number of ketones is 1. The van der Waals surface area contributed by atoms with Gasteiger partial charge in [-0.15, -0.1) is 6.42 Å². The van der Waals surface area contributed by atoms with Crippen molar-refractivity contribution in [3.05, 3.63) is 30.7 Å². The fourth-order valence-corrected chi connectivity index (χ4v) is 10.0. The van der Waals surface area contributed by atoms with Crippen molar-refractivity contribution in [2.75, 3.05) is 72.5 Å². The van der Waals surface area contributed by atoms with Crippen molar-refractivity contribution < 1.29 is 70.2 Å². The van der Waals surface area contributed by atoms with Crippen molar-refractivity contribution in [1.82, 2.24) is 15.5 Å². The van der Waals surface area contributed by atoms with Crippen molar-refractivity contribution in [2.45, 2.75) is 113 Å². The molecule has 0 saturated carbocycles. The molecule has 3 rings (SSSR count). The molecule has 5 atom stereocenters. The lowest BCUT2D eigenvalue weighted by atomic mass is 9.78. The molecule has 111 heavy (non-hydrogen) atoms. The van der Waals surface area contributed by atoms with Gasteiger partial charge in [0, 0.05) is 272 Å². The summed E-state index contributed by atoms with van der Waals surface area (Å²) in [6, 6.07) is 0. The number of amides is 4. The quantitative estimate of drug-likeness (QED) is 0.0193. The first-order valence-electron chi connectivity index (χ1n) is 33.6. The van der Waals surface area contributed by atoms with Gasteiger partial charge in [-0.05, 0) is 145 Å². The largest absolute Gasteiger partial charge is 0.462 e. The molecule has 0 aromatic heterocycles. The Morgan fingerprint density at radius 3 is 1.43 bits per heavy atom. The normalized spacial score (nSPS) is 14.9. The van der Waals surface area contributed by atoms with Crippen LogP contribution in [-0.2, 0) is 62.5 Å². The summed E-state index contributed by atoms with van der Waals surface area (Å²) in [4.78, 5) is 77.6. The van der Waals surface area contributed by atoms with Gasteiger partial charge in [0.25, 0.3) is 10.1 Å². The van der Waals surface area contributed by atoms with Crippen LogP contribution in [0.2, 0.25) is 0 Å². The molecule has 3 unspecified atom stereocenters. The molecule has 0 bridgehead atoms. The fourth-order valence-electron chi connectivity index (χ4n) is 8.45. The molecule has 0 aromatic rings. The van der Waals surface area contributed by atoms with E-state index in [1.807, 2.05) is 37.6 Å². The Hall–Kier alpha value is -14.5. The number of thioether (sulfide) groups is 1. The highest BCUT2D eigenvalue weighted by atomic mass is 32.2. The second-order valence-electron chi connectivity index (χ2n) is 21.5. The van der Waals surface area contributed by atoms with Crippen LogP contribution < -0.4 is 10.6 Å². The SMILES string of the molecule is C#CC#CC#CC#CC#CC#CC#CC#CC#CC#CC#CC#CC#CC#CC#CC#CC#CC#CC#CC#CC#CC#CC#CC#CC#CSC1CC(=O)N(CCOCCOCCNC(=O)O[C@H]2/C=C/CC[C@@](C)(C(=O)NCCOCCOCCCC(=O)C(CCC(=O)OC3CC/C=C/[CH+]CC3)S(=O)(=O)O)CC2)C1=O. The molecule has 2 aliphatic carbocycles. The van der Waals surface area contributed by atoms with Crippen molar-refractivity contribution in [2.24, 2.45) is 5.41 Å². The van der Waals surface area contributed by atoms with E-state index in [-0.39, 0.29) is 128 Å².